The van der Waals surface area contributed by atoms with E-state index in [0.29, 0.717) is 0 Å². The summed E-state index contributed by atoms with van der Waals surface area (Å²) in [6, 6.07) is 0. The van der Waals surface area contributed by atoms with Crippen molar-refractivity contribution in [3.05, 3.63) is 23.4 Å². The Morgan fingerprint density at radius 2 is 1.78 bits per heavy atom. The summed E-state index contributed by atoms with van der Waals surface area (Å²) in [6.07, 6.45) is 4.11. The SMILES string of the molecule is CNC=C(C)C=C(C)C. The van der Waals surface area contributed by atoms with Crippen LogP contribution in [0.1, 0.15) is 20.8 Å². The predicted molar refractivity (Wildman–Crippen MR) is 42.2 cm³/mol. The van der Waals surface area contributed by atoms with Crippen LogP contribution in [0.3, 0.4) is 0 Å². The van der Waals surface area contributed by atoms with Crippen molar-refractivity contribution in [2.45, 2.75) is 20.8 Å². The smallest absolute Gasteiger partial charge is 0.00277 e. The maximum absolute atomic E-state index is 2.97. The molecule has 9 heavy (non-hydrogen) atoms. The van der Waals surface area contributed by atoms with E-state index in [1.165, 1.54) is 11.1 Å². The van der Waals surface area contributed by atoms with Gasteiger partial charge in [0.15, 0.2) is 0 Å². The Morgan fingerprint density at radius 1 is 1.22 bits per heavy atom. The largest absolute Gasteiger partial charge is 0.394 e. The lowest BCUT2D eigenvalue weighted by Gasteiger charge is -1.92. The molecule has 0 bridgehead atoms. The monoisotopic (exact) mass is 125 g/mol. The number of hydrogen-bond donors (Lipinski definition) is 1. The summed E-state index contributed by atoms with van der Waals surface area (Å²) in [6.45, 7) is 6.25. The van der Waals surface area contributed by atoms with E-state index < -0.39 is 0 Å². The normalized spacial score (nSPS) is 10.9. The van der Waals surface area contributed by atoms with Gasteiger partial charge in [0.2, 0.25) is 0 Å². The highest BCUT2D eigenvalue weighted by Crippen LogP contribution is 1.97. The Labute approximate surface area is 57.5 Å². The predicted octanol–water partition coefficient (Wildman–Crippen LogP) is 2.08. The molecule has 0 aliphatic heterocycles. The van der Waals surface area contributed by atoms with Crippen LogP contribution in [0.25, 0.3) is 0 Å². The molecule has 0 atom stereocenters. The van der Waals surface area contributed by atoms with Crippen LogP contribution in [0.2, 0.25) is 0 Å². The van der Waals surface area contributed by atoms with E-state index in [9.17, 15) is 0 Å². The molecule has 1 N–H and O–H groups in total. The molecular formula is C8H15N. The van der Waals surface area contributed by atoms with Crippen molar-refractivity contribution < 1.29 is 0 Å². The van der Waals surface area contributed by atoms with Crippen LogP contribution in [0.15, 0.2) is 23.4 Å². The van der Waals surface area contributed by atoms with Gasteiger partial charge in [-0.25, -0.2) is 0 Å². The van der Waals surface area contributed by atoms with Crippen LogP contribution in [0.4, 0.5) is 0 Å². The average molecular weight is 125 g/mol. The molecular weight excluding hydrogens is 110 g/mol. The lowest BCUT2D eigenvalue weighted by Crippen LogP contribution is -1.93. The van der Waals surface area contributed by atoms with E-state index in [2.05, 4.69) is 32.2 Å². The fourth-order valence-electron chi connectivity index (χ4n) is 0.725. The average Bonchev–Trinajstić information content (AvgIpc) is 1.63. The van der Waals surface area contributed by atoms with Gasteiger partial charge in [0.05, 0.1) is 0 Å². The molecule has 0 heterocycles. The quantitative estimate of drug-likeness (QED) is 0.557. The Kier molecular flexibility index (Phi) is 3.85. The molecule has 0 amide bonds. The van der Waals surface area contributed by atoms with Gasteiger partial charge in [0.1, 0.15) is 0 Å². The lowest BCUT2D eigenvalue weighted by atomic mass is 10.2. The molecule has 0 rings (SSSR count). The third-order valence-electron chi connectivity index (χ3n) is 0.888. The standard InChI is InChI=1S/C8H15N/c1-7(2)5-8(3)6-9-4/h5-6,9H,1-4H3. The first kappa shape index (κ1) is 8.28. The van der Waals surface area contributed by atoms with Gasteiger partial charge in [-0.05, 0) is 32.5 Å². The number of allylic oxidation sites excluding steroid dienone is 3. The van der Waals surface area contributed by atoms with Crippen LogP contribution < -0.4 is 5.32 Å². The second-order valence-corrected chi connectivity index (χ2v) is 2.40. The van der Waals surface area contributed by atoms with Gasteiger partial charge in [-0.15, -0.1) is 0 Å². The minimum absolute atomic E-state index is 1.26. The summed E-state index contributed by atoms with van der Waals surface area (Å²) < 4.78 is 0. The lowest BCUT2D eigenvalue weighted by molar-refractivity contribution is 1.08. The van der Waals surface area contributed by atoms with Crippen LogP contribution >= 0.6 is 0 Å². The molecule has 0 spiro atoms. The zero-order chi connectivity index (χ0) is 7.28. The fraction of sp³-hybridized carbons (Fsp3) is 0.500. The fourth-order valence-corrected chi connectivity index (χ4v) is 0.725. The molecule has 0 saturated heterocycles. The topological polar surface area (TPSA) is 12.0 Å². The van der Waals surface area contributed by atoms with Crippen LogP contribution in [0, 0.1) is 0 Å². The maximum atomic E-state index is 2.97. The third-order valence-corrected chi connectivity index (χ3v) is 0.888. The summed E-state index contributed by atoms with van der Waals surface area (Å²) >= 11 is 0. The molecule has 0 radical (unpaired) electrons. The Hall–Kier alpha value is -0.720. The highest BCUT2D eigenvalue weighted by molar-refractivity contribution is 5.18. The van der Waals surface area contributed by atoms with Crippen molar-refractivity contribution in [1.29, 1.82) is 0 Å². The summed E-state index contributed by atoms with van der Waals surface area (Å²) in [5.74, 6) is 0. The molecule has 1 heteroatoms. The summed E-state index contributed by atoms with van der Waals surface area (Å²) in [5.41, 5.74) is 2.59. The van der Waals surface area contributed by atoms with Gasteiger partial charge in [-0.2, -0.15) is 0 Å². The van der Waals surface area contributed by atoms with Crippen molar-refractivity contribution in [2.24, 2.45) is 0 Å². The van der Waals surface area contributed by atoms with Gasteiger partial charge in [-0.3, -0.25) is 0 Å². The van der Waals surface area contributed by atoms with Crippen molar-refractivity contribution >= 4 is 0 Å². The van der Waals surface area contributed by atoms with Gasteiger partial charge >= 0.3 is 0 Å². The van der Waals surface area contributed by atoms with Crippen molar-refractivity contribution in [3.8, 4) is 0 Å². The molecule has 0 aromatic heterocycles. The zero-order valence-corrected chi connectivity index (χ0v) is 6.65. The molecule has 0 aliphatic rings. The van der Waals surface area contributed by atoms with Gasteiger partial charge in [-0.1, -0.05) is 11.6 Å². The summed E-state index contributed by atoms with van der Waals surface area (Å²) in [4.78, 5) is 0. The Morgan fingerprint density at radius 3 is 2.11 bits per heavy atom. The van der Waals surface area contributed by atoms with Gasteiger partial charge in [0, 0.05) is 7.05 Å². The van der Waals surface area contributed by atoms with Crippen LogP contribution in [-0.4, -0.2) is 7.05 Å². The first-order valence-electron chi connectivity index (χ1n) is 3.15. The van der Waals surface area contributed by atoms with Crippen molar-refractivity contribution in [2.75, 3.05) is 7.05 Å². The van der Waals surface area contributed by atoms with E-state index in [1.54, 1.807) is 0 Å². The van der Waals surface area contributed by atoms with Crippen LogP contribution in [-0.2, 0) is 0 Å². The number of nitrogens with one attached hydrogen (secondary N) is 1. The Balaban J connectivity index is 3.90. The van der Waals surface area contributed by atoms with E-state index in [4.69, 9.17) is 0 Å². The molecule has 1 nitrogen and oxygen atoms in total. The summed E-state index contributed by atoms with van der Waals surface area (Å²) in [5, 5.41) is 2.97. The van der Waals surface area contributed by atoms with Crippen molar-refractivity contribution in [1.82, 2.24) is 5.32 Å². The zero-order valence-electron chi connectivity index (χ0n) is 6.65. The van der Waals surface area contributed by atoms with Crippen LogP contribution in [0.5, 0.6) is 0 Å². The summed E-state index contributed by atoms with van der Waals surface area (Å²) in [7, 11) is 1.91. The molecule has 0 aliphatic carbocycles. The van der Waals surface area contributed by atoms with Crippen molar-refractivity contribution in [3.63, 3.8) is 0 Å². The van der Waals surface area contributed by atoms with E-state index in [0.717, 1.165) is 0 Å². The molecule has 0 fully saturated rings. The first-order chi connectivity index (χ1) is 4.16. The second kappa shape index (κ2) is 4.19. The maximum Gasteiger partial charge on any atom is 0.00277 e. The van der Waals surface area contributed by atoms with E-state index in [1.807, 2.05) is 13.2 Å². The van der Waals surface area contributed by atoms with E-state index in [-0.39, 0.29) is 0 Å². The highest BCUT2D eigenvalue weighted by atomic mass is 14.8. The van der Waals surface area contributed by atoms with Gasteiger partial charge in [0.25, 0.3) is 0 Å². The Bertz CT molecular complexity index is 128. The third kappa shape index (κ3) is 5.15. The molecule has 0 saturated carbocycles. The number of hydrogen-bond acceptors (Lipinski definition) is 1. The number of rotatable bonds is 2. The first-order valence-corrected chi connectivity index (χ1v) is 3.15. The minimum atomic E-state index is 1.26. The molecule has 52 valence electrons. The second-order valence-electron chi connectivity index (χ2n) is 2.40. The van der Waals surface area contributed by atoms with E-state index >= 15 is 0 Å². The molecule has 0 unspecified atom stereocenters. The molecule has 0 aromatic carbocycles. The van der Waals surface area contributed by atoms with Gasteiger partial charge < -0.3 is 5.32 Å². The minimum Gasteiger partial charge on any atom is -0.394 e. The molecule has 0 aromatic rings. The highest BCUT2D eigenvalue weighted by Gasteiger charge is 1.79.